The van der Waals surface area contributed by atoms with Gasteiger partial charge in [0.1, 0.15) is 22.8 Å². The van der Waals surface area contributed by atoms with Crippen LogP contribution in [-0.2, 0) is 16.0 Å². The predicted molar refractivity (Wildman–Crippen MR) is 143 cm³/mol. The molecule has 0 bridgehead atoms. The Kier molecular flexibility index (Phi) is 6.08. The molecule has 10 nitrogen and oxygen atoms in total. The predicted octanol–water partition coefficient (Wildman–Crippen LogP) is 1.85. The molecule has 0 fully saturated rings. The van der Waals surface area contributed by atoms with Crippen molar-refractivity contribution < 1.29 is 34.8 Å². The van der Waals surface area contributed by atoms with E-state index in [1.54, 1.807) is 26.2 Å². The number of aliphatic hydroxyl groups excluding tert-OH is 2. The van der Waals surface area contributed by atoms with Crippen molar-refractivity contribution in [2.75, 3.05) is 33.1 Å². The van der Waals surface area contributed by atoms with Crippen molar-refractivity contribution in [2.24, 2.45) is 17.6 Å². The number of nitrogens with two attached hydrogens (primary N) is 1. The second-order valence-electron chi connectivity index (χ2n) is 10.9. The molecule has 2 aromatic carbocycles. The van der Waals surface area contributed by atoms with Crippen molar-refractivity contribution >= 4 is 23.2 Å². The van der Waals surface area contributed by atoms with Gasteiger partial charge in [-0.2, -0.15) is 0 Å². The van der Waals surface area contributed by atoms with Gasteiger partial charge in [-0.3, -0.25) is 19.3 Å². The molecule has 0 saturated carbocycles. The van der Waals surface area contributed by atoms with Gasteiger partial charge in [0.25, 0.3) is 5.91 Å². The Hall–Kier alpha value is -4.15. The minimum Gasteiger partial charge on any atom is -0.510 e. The Morgan fingerprint density at radius 3 is 2.26 bits per heavy atom. The number of hydrogen-bond donors (Lipinski definition) is 5. The number of carbonyl (C=O) groups is 3. The van der Waals surface area contributed by atoms with E-state index in [2.05, 4.69) is 0 Å². The Labute approximate surface area is 225 Å². The van der Waals surface area contributed by atoms with Crippen LogP contribution in [0.5, 0.6) is 5.75 Å². The smallest absolute Gasteiger partial charge is 0.255 e. The fourth-order valence-corrected chi connectivity index (χ4v) is 6.54. The molecule has 0 spiro atoms. The fraction of sp³-hybridized carbons (Fsp3) is 0.345. The number of phenolic OH excluding ortho intramolecular Hbond substituents is 1. The number of primary amides is 1. The van der Waals surface area contributed by atoms with E-state index in [4.69, 9.17) is 5.73 Å². The minimum atomic E-state index is -2.67. The molecule has 3 aliphatic carbocycles. The fourth-order valence-electron chi connectivity index (χ4n) is 6.54. The van der Waals surface area contributed by atoms with E-state index >= 15 is 0 Å². The maximum absolute atomic E-state index is 14.1. The number of fused-ring (bicyclic) bond motifs is 3. The van der Waals surface area contributed by atoms with Crippen molar-refractivity contribution in [3.8, 4) is 16.9 Å². The van der Waals surface area contributed by atoms with Gasteiger partial charge in [-0.25, -0.2) is 0 Å². The van der Waals surface area contributed by atoms with Gasteiger partial charge in [-0.1, -0.05) is 30.3 Å². The molecule has 0 aliphatic heterocycles. The average molecular weight is 534 g/mol. The maximum atomic E-state index is 14.1. The van der Waals surface area contributed by atoms with Gasteiger partial charge < -0.3 is 31.1 Å². The number of aliphatic hydroxyl groups is 3. The summed E-state index contributed by atoms with van der Waals surface area (Å²) in [5.74, 6) is -6.65. The molecule has 0 saturated heterocycles. The van der Waals surface area contributed by atoms with Gasteiger partial charge in [0, 0.05) is 36.8 Å². The topological polar surface area (TPSA) is 165 Å². The van der Waals surface area contributed by atoms with Crippen LogP contribution in [0.25, 0.3) is 11.1 Å². The van der Waals surface area contributed by atoms with Crippen LogP contribution in [0.1, 0.15) is 22.3 Å². The highest BCUT2D eigenvalue weighted by atomic mass is 16.3. The summed E-state index contributed by atoms with van der Waals surface area (Å²) >= 11 is 0. The molecule has 39 heavy (non-hydrogen) atoms. The van der Waals surface area contributed by atoms with Crippen LogP contribution < -0.4 is 10.6 Å². The molecule has 10 heteroatoms. The lowest BCUT2D eigenvalue weighted by Crippen LogP contribution is -2.63. The zero-order chi connectivity index (χ0) is 28.5. The summed E-state index contributed by atoms with van der Waals surface area (Å²) in [6.07, 6.45) is 0.268. The van der Waals surface area contributed by atoms with Crippen LogP contribution in [0.15, 0.2) is 59.1 Å². The minimum absolute atomic E-state index is 0.0131. The normalized spacial score (nSPS) is 26.4. The number of rotatable bonds is 4. The van der Waals surface area contributed by atoms with Crippen LogP contribution in [-0.4, -0.2) is 82.6 Å². The monoisotopic (exact) mass is 533 g/mol. The SMILES string of the molecule is CN(C)c1cc(-c2ccccc2)c(O)c2c1C[C@H]1C[C@H]3[C@@H](N(C)C)C(O)=C(C(N)=O)C(=O)[C@@]3(O)C(O)=C1C2=O. The number of benzene rings is 2. The van der Waals surface area contributed by atoms with E-state index < -0.39 is 58.0 Å². The van der Waals surface area contributed by atoms with E-state index in [1.807, 2.05) is 43.3 Å². The van der Waals surface area contributed by atoms with Crippen LogP contribution in [0.4, 0.5) is 5.69 Å². The molecule has 0 aromatic heterocycles. The summed E-state index contributed by atoms with van der Waals surface area (Å²) in [6.45, 7) is 0. The van der Waals surface area contributed by atoms with Gasteiger partial charge in [0.2, 0.25) is 5.78 Å². The number of Topliss-reactive ketones (excluding diaryl/α,β-unsaturated/α-hetero) is 2. The van der Waals surface area contributed by atoms with Crippen LogP contribution in [0.3, 0.4) is 0 Å². The van der Waals surface area contributed by atoms with Gasteiger partial charge in [-0.05, 0) is 50.0 Å². The summed E-state index contributed by atoms with van der Waals surface area (Å²) in [5.41, 5.74) is 4.09. The third-order valence-electron chi connectivity index (χ3n) is 8.27. The lowest BCUT2D eigenvalue weighted by molar-refractivity contribution is -0.148. The Morgan fingerprint density at radius 2 is 1.69 bits per heavy atom. The molecular formula is C29H31N3O7. The number of ketones is 2. The molecule has 4 atom stereocenters. The molecule has 0 radical (unpaired) electrons. The van der Waals surface area contributed by atoms with E-state index in [-0.39, 0.29) is 29.7 Å². The highest BCUT2D eigenvalue weighted by Crippen LogP contribution is 2.54. The van der Waals surface area contributed by atoms with E-state index in [1.165, 1.54) is 4.90 Å². The van der Waals surface area contributed by atoms with Gasteiger partial charge in [-0.15, -0.1) is 0 Å². The van der Waals surface area contributed by atoms with E-state index in [9.17, 15) is 34.8 Å². The third kappa shape index (κ3) is 3.59. The maximum Gasteiger partial charge on any atom is 0.255 e. The Bertz CT molecular complexity index is 1490. The number of allylic oxidation sites excluding steroid dienone is 1. The first-order chi connectivity index (χ1) is 18.3. The summed E-state index contributed by atoms with van der Waals surface area (Å²) in [6, 6.07) is 9.83. The molecule has 1 amide bonds. The first-order valence-electron chi connectivity index (χ1n) is 12.6. The number of anilines is 1. The number of likely N-dealkylation sites (N-methyl/N-ethyl adjacent to an activating group) is 1. The van der Waals surface area contributed by atoms with Crippen molar-refractivity contribution in [3.63, 3.8) is 0 Å². The number of nitrogens with zero attached hydrogens (tertiary/aromatic N) is 2. The molecule has 6 N–H and O–H groups in total. The Morgan fingerprint density at radius 1 is 1.05 bits per heavy atom. The molecule has 2 aromatic rings. The quantitative estimate of drug-likeness (QED) is 0.369. The van der Waals surface area contributed by atoms with Crippen molar-refractivity contribution in [2.45, 2.75) is 24.5 Å². The average Bonchev–Trinajstić information content (AvgIpc) is 2.86. The van der Waals surface area contributed by atoms with Crippen LogP contribution in [0, 0.1) is 11.8 Å². The molecule has 5 rings (SSSR count). The number of aromatic hydroxyl groups is 1. The third-order valence-corrected chi connectivity index (χ3v) is 8.27. The van der Waals surface area contributed by atoms with E-state index in [0.717, 1.165) is 0 Å². The molecule has 0 heterocycles. The number of hydrogen-bond acceptors (Lipinski definition) is 9. The lowest BCUT2D eigenvalue weighted by atomic mass is 9.58. The van der Waals surface area contributed by atoms with E-state index in [0.29, 0.717) is 22.4 Å². The standard InChI is InChI=1S/C29H31N3O7/c1-31(2)18-12-15(13-8-6-5-7-9-13)23(33)20-16(18)10-14-11-17-22(32(3)4)25(35)21(28(30)38)27(37)29(17,39)26(36)19(14)24(20)34/h5-9,12,14,17,22,33,35-36,39H,10-11H2,1-4H3,(H2,30,38)/t14-,17-,22+,29-/m0/s1. The number of amides is 1. The lowest BCUT2D eigenvalue weighted by Gasteiger charge is -2.50. The largest absolute Gasteiger partial charge is 0.510 e. The van der Waals surface area contributed by atoms with Gasteiger partial charge in [0.15, 0.2) is 11.4 Å². The van der Waals surface area contributed by atoms with Crippen molar-refractivity contribution in [1.82, 2.24) is 4.90 Å². The van der Waals surface area contributed by atoms with Gasteiger partial charge >= 0.3 is 0 Å². The molecular weight excluding hydrogens is 502 g/mol. The molecule has 204 valence electrons. The summed E-state index contributed by atoms with van der Waals surface area (Å²) in [5, 5.41) is 45.5. The second kappa shape index (κ2) is 8.96. The molecule has 3 aliphatic rings. The zero-order valence-corrected chi connectivity index (χ0v) is 22.1. The highest BCUT2D eigenvalue weighted by Gasteiger charge is 2.63. The number of carbonyl (C=O) groups excluding carboxylic acids is 3. The van der Waals surface area contributed by atoms with Crippen LogP contribution >= 0.6 is 0 Å². The summed E-state index contributed by atoms with van der Waals surface area (Å²) in [4.78, 5) is 43.0. The highest BCUT2D eigenvalue weighted by molar-refractivity contribution is 6.25. The Balaban J connectivity index is 1.76. The summed E-state index contributed by atoms with van der Waals surface area (Å²) in [7, 11) is 6.84. The van der Waals surface area contributed by atoms with Gasteiger partial charge in [0.05, 0.1) is 11.6 Å². The van der Waals surface area contributed by atoms with Crippen LogP contribution in [0.2, 0.25) is 0 Å². The van der Waals surface area contributed by atoms with Crippen molar-refractivity contribution in [1.29, 1.82) is 0 Å². The number of phenols is 1. The second-order valence-corrected chi connectivity index (χ2v) is 10.9. The molecule has 0 unspecified atom stereocenters. The van der Waals surface area contributed by atoms with Crippen molar-refractivity contribution in [3.05, 3.63) is 70.2 Å². The first kappa shape index (κ1) is 26.5. The first-order valence-corrected chi connectivity index (χ1v) is 12.6. The zero-order valence-electron chi connectivity index (χ0n) is 22.1. The summed E-state index contributed by atoms with van der Waals surface area (Å²) < 4.78 is 0.